The van der Waals surface area contributed by atoms with Crippen LogP contribution in [-0.2, 0) is 20.7 Å². The number of benzene rings is 1. The van der Waals surface area contributed by atoms with Crippen molar-refractivity contribution in [1.29, 1.82) is 0 Å². The predicted molar refractivity (Wildman–Crippen MR) is 64.9 cm³/mol. The van der Waals surface area contributed by atoms with E-state index < -0.39 is 11.8 Å². The summed E-state index contributed by atoms with van der Waals surface area (Å²) in [5.74, 6) is -0.296. The molecule has 0 heterocycles. The van der Waals surface area contributed by atoms with Crippen LogP contribution in [0.2, 0.25) is 0 Å². The van der Waals surface area contributed by atoms with E-state index in [1.807, 2.05) is 6.92 Å². The molecular formula is C13H16O5. The second kappa shape index (κ2) is 6.64. The third kappa shape index (κ3) is 3.48. The number of carbonyl (C=O) groups excluding carboxylic acids is 2. The van der Waals surface area contributed by atoms with Gasteiger partial charge in [-0.05, 0) is 24.6 Å². The molecule has 0 amide bonds. The van der Waals surface area contributed by atoms with Crippen LogP contribution in [0.3, 0.4) is 0 Å². The van der Waals surface area contributed by atoms with Crippen LogP contribution in [0.5, 0.6) is 11.5 Å². The standard InChI is InChI=1S/C13H16O5/c1-4-18-12-8-9(5-6-11(12)16-2)7-10(14)13(15)17-3/h5-6,8H,4,7H2,1-3H3. The number of esters is 1. The molecule has 1 aromatic rings. The van der Waals surface area contributed by atoms with E-state index in [9.17, 15) is 9.59 Å². The molecular weight excluding hydrogens is 236 g/mol. The Balaban J connectivity index is 2.87. The first-order valence-corrected chi connectivity index (χ1v) is 5.53. The highest BCUT2D eigenvalue weighted by atomic mass is 16.5. The van der Waals surface area contributed by atoms with Crippen molar-refractivity contribution < 1.29 is 23.8 Å². The Morgan fingerprint density at radius 1 is 1.17 bits per heavy atom. The Bertz CT molecular complexity index is 439. The molecule has 0 atom stereocenters. The van der Waals surface area contributed by atoms with Crippen molar-refractivity contribution in [2.75, 3.05) is 20.8 Å². The fraction of sp³-hybridized carbons (Fsp3) is 0.385. The predicted octanol–water partition coefficient (Wildman–Crippen LogP) is 1.38. The maximum atomic E-state index is 11.4. The minimum Gasteiger partial charge on any atom is -0.493 e. The van der Waals surface area contributed by atoms with E-state index in [0.29, 0.717) is 23.7 Å². The molecule has 1 aromatic carbocycles. The monoisotopic (exact) mass is 252 g/mol. The average molecular weight is 252 g/mol. The highest BCUT2D eigenvalue weighted by Crippen LogP contribution is 2.28. The van der Waals surface area contributed by atoms with Gasteiger partial charge in [-0.15, -0.1) is 0 Å². The third-order valence-corrected chi connectivity index (χ3v) is 2.31. The lowest BCUT2D eigenvalue weighted by Crippen LogP contribution is -2.17. The van der Waals surface area contributed by atoms with Crippen molar-refractivity contribution in [3.8, 4) is 11.5 Å². The summed E-state index contributed by atoms with van der Waals surface area (Å²) in [5.41, 5.74) is 0.676. The van der Waals surface area contributed by atoms with Crippen molar-refractivity contribution in [2.45, 2.75) is 13.3 Å². The van der Waals surface area contributed by atoms with Crippen molar-refractivity contribution in [2.24, 2.45) is 0 Å². The van der Waals surface area contributed by atoms with Crippen LogP contribution in [0.4, 0.5) is 0 Å². The third-order valence-electron chi connectivity index (χ3n) is 2.31. The van der Waals surface area contributed by atoms with E-state index >= 15 is 0 Å². The Labute approximate surface area is 106 Å². The van der Waals surface area contributed by atoms with Gasteiger partial charge in [0.2, 0.25) is 5.78 Å². The number of hydrogen-bond acceptors (Lipinski definition) is 5. The van der Waals surface area contributed by atoms with E-state index in [1.165, 1.54) is 14.2 Å². The zero-order valence-corrected chi connectivity index (χ0v) is 10.7. The molecule has 0 unspecified atom stereocenters. The molecule has 0 aromatic heterocycles. The molecule has 98 valence electrons. The Morgan fingerprint density at radius 2 is 1.89 bits per heavy atom. The van der Waals surface area contributed by atoms with E-state index in [4.69, 9.17) is 9.47 Å². The van der Waals surface area contributed by atoms with Gasteiger partial charge < -0.3 is 14.2 Å². The molecule has 0 saturated carbocycles. The number of methoxy groups -OCH3 is 2. The van der Waals surface area contributed by atoms with Gasteiger partial charge >= 0.3 is 5.97 Å². The van der Waals surface area contributed by atoms with E-state index in [2.05, 4.69) is 4.74 Å². The summed E-state index contributed by atoms with van der Waals surface area (Å²) in [7, 11) is 2.72. The molecule has 5 nitrogen and oxygen atoms in total. The Morgan fingerprint density at radius 3 is 2.44 bits per heavy atom. The van der Waals surface area contributed by atoms with Gasteiger partial charge in [-0.25, -0.2) is 4.79 Å². The van der Waals surface area contributed by atoms with Crippen molar-refractivity contribution >= 4 is 11.8 Å². The Hall–Kier alpha value is -2.04. The molecule has 1 rings (SSSR count). The smallest absolute Gasteiger partial charge is 0.374 e. The molecule has 18 heavy (non-hydrogen) atoms. The summed E-state index contributed by atoms with van der Waals surface area (Å²) in [6.07, 6.45) is -0.0171. The molecule has 0 bridgehead atoms. The van der Waals surface area contributed by atoms with Crippen LogP contribution in [0.15, 0.2) is 18.2 Å². The lowest BCUT2D eigenvalue weighted by Gasteiger charge is -2.10. The van der Waals surface area contributed by atoms with Gasteiger partial charge in [0.25, 0.3) is 0 Å². The van der Waals surface area contributed by atoms with Gasteiger partial charge in [0, 0.05) is 6.42 Å². The first kappa shape index (κ1) is 14.0. The molecule has 0 aliphatic heterocycles. The fourth-order valence-corrected chi connectivity index (χ4v) is 1.47. The Kier molecular flexibility index (Phi) is 5.17. The van der Waals surface area contributed by atoms with Gasteiger partial charge in [-0.3, -0.25) is 4.79 Å². The molecule has 0 aliphatic carbocycles. The minimum absolute atomic E-state index is 0.0171. The van der Waals surface area contributed by atoms with Gasteiger partial charge in [0.05, 0.1) is 20.8 Å². The van der Waals surface area contributed by atoms with Crippen molar-refractivity contribution in [3.05, 3.63) is 23.8 Å². The van der Waals surface area contributed by atoms with Crippen molar-refractivity contribution in [1.82, 2.24) is 0 Å². The minimum atomic E-state index is -0.844. The molecule has 0 radical (unpaired) electrons. The van der Waals surface area contributed by atoms with Gasteiger partial charge in [-0.1, -0.05) is 6.07 Å². The van der Waals surface area contributed by atoms with Crippen LogP contribution in [0.25, 0.3) is 0 Å². The zero-order valence-electron chi connectivity index (χ0n) is 10.7. The van der Waals surface area contributed by atoms with Crippen LogP contribution in [-0.4, -0.2) is 32.6 Å². The highest BCUT2D eigenvalue weighted by Gasteiger charge is 2.15. The van der Waals surface area contributed by atoms with E-state index in [1.54, 1.807) is 18.2 Å². The molecule has 0 N–H and O–H groups in total. The average Bonchev–Trinajstić information content (AvgIpc) is 2.38. The van der Waals surface area contributed by atoms with E-state index in [0.717, 1.165) is 0 Å². The highest BCUT2D eigenvalue weighted by molar-refractivity contribution is 6.34. The lowest BCUT2D eigenvalue weighted by molar-refractivity contribution is -0.151. The van der Waals surface area contributed by atoms with Crippen LogP contribution in [0.1, 0.15) is 12.5 Å². The summed E-state index contributed by atoms with van der Waals surface area (Å²) in [5, 5.41) is 0. The van der Waals surface area contributed by atoms with Crippen molar-refractivity contribution in [3.63, 3.8) is 0 Å². The number of ether oxygens (including phenoxy) is 3. The number of Topliss-reactive ketones (excluding diaryl/α,β-unsaturated/α-hetero) is 1. The van der Waals surface area contributed by atoms with Gasteiger partial charge in [-0.2, -0.15) is 0 Å². The first-order chi connectivity index (χ1) is 8.62. The topological polar surface area (TPSA) is 61.8 Å². The van der Waals surface area contributed by atoms with Gasteiger partial charge in [0.1, 0.15) is 0 Å². The van der Waals surface area contributed by atoms with Crippen LogP contribution < -0.4 is 9.47 Å². The number of rotatable bonds is 6. The maximum Gasteiger partial charge on any atom is 0.374 e. The van der Waals surface area contributed by atoms with Crippen LogP contribution in [0, 0.1) is 0 Å². The quantitative estimate of drug-likeness (QED) is 0.565. The fourth-order valence-electron chi connectivity index (χ4n) is 1.47. The molecule has 0 saturated heterocycles. The molecule has 0 aliphatic rings. The lowest BCUT2D eigenvalue weighted by atomic mass is 10.1. The normalized spacial score (nSPS) is 9.72. The number of carbonyl (C=O) groups is 2. The van der Waals surface area contributed by atoms with E-state index in [-0.39, 0.29) is 6.42 Å². The van der Waals surface area contributed by atoms with Gasteiger partial charge in [0.15, 0.2) is 11.5 Å². The molecule has 5 heteroatoms. The number of hydrogen-bond donors (Lipinski definition) is 0. The number of ketones is 1. The summed E-state index contributed by atoms with van der Waals surface area (Å²) in [4.78, 5) is 22.4. The SMILES string of the molecule is CCOc1cc(CC(=O)C(=O)OC)ccc1OC. The van der Waals surface area contributed by atoms with Crippen LogP contribution >= 0.6 is 0 Å². The second-order valence-corrected chi connectivity index (χ2v) is 3.51. The summed E-state index contributed by atoms with van der Waals surface area (Å²) < 4.78 is 14.9. The summed E-state index contributed by atoms with van der Waals surface area (Å²) in [6.45, 7) is 2.34. The molecule has 0 spiro atoms. The first-order valence-electron chi connectivity index (χ1n) is 5.53. The summed E-state index contributed by atoms with van der Waals surface area (Å²) >= 11 is 0. The molecule has 0 fully saturated rings. The second-order valence-electron chi connectivity index (χ2n) is 3.51. The zero-order chi connectivity index (χ0) is 13.5. The summed E-state index contributed by atoms with van der Waals surface area (Å²) in [6, 6.07) is 5.09. The largest absolute Gasteiger partial charge is 0.493 e. The maximum absolute atomic E-state index is 11.4.